The Kier molecular flexibility index (Phi) is 3.05. The van der Waals surface area contributed by atoms with E-state index < -0.39 is 0 Å². The number of thiophene rings is 1. The van der Waals surface area contributed by atoms with Crippen molar-refractivity contribution in [2.24, 2.45) is 5.92 Å². The van der Waals surface area contributed by atoms with Gasteiger partial charge in [-0.1, -0.05) is 6.92 Å². The zero-order valence-electron chi connectivity index (χ0n) is 10.1. The van der Waals surface area contributed by atoms with Gasteiger partial charge in [0.2, 0.25) is 0 Å². The van der Waals surface area contributed by atoms with Gasteiger partial charge in [0.25, 0.3) is 0 Å². The lowest BCUT2D eigenvalue weighted by atomic mass is 9.81. The second-order valence-corrected chi connectivity index (χ2v) is 6.20. The number of carbonyl (C=O) groups excluding carboxylic acids is 1. The largest absolute Gasteiger partial charge is 0.370 e. The van der Waals surface area contributed by atoms with Crippen molar-refractivity contribution in [1.82, 2.24) is 0 Å². The van der Waals surface area contributed by atoms with Gasteiger partial charge in [-0.25, -0.2) is 0 Å². The smallest absolute Gasteiger partial charge is 0.169 e. The first kappa shape index (κ1) is 11.4. The molecule has 1 fully saturated rings. The van der Waals surface area contributed by atoms with Crippen LogP contribution in [0.1, 0.15) is 42.5 Å². The topological polar surface area (TPSA) is 26.3 Å². The van der Waals surface area contributed by atoms with Crippen LogP contribution in [-0.2, 0) is 16.0 Å². The molecule has 1 aliphatic heterocycles. The second-order valence-electron chi connectivity index (χ2n) is 5.20. The molecule has 92 valence electrons. The summed E-state index contributed by atoms with van der Waals surface area (Å²) in [5.74, 6) is 0.830. The number of carbonyl (C=O) groups is 1. The molecule has 0 aromatic carbocycles. The maximum absolute atomic E-state index is 12.6. The van der Waals surface area contributed by atoms with Crippen molar-refractivity contribution in [3.63, 3.8) is 0 Å². The molecule has 3 rings (SSSR count). The highest BCUT2D eigenvalue weighted by Crippen LogP contribution is 2.38. The number of Topliss-reactive ketones (excluding diaryl/α,β-unsaturated/α-hetero) is 1. The summed E-state index contributed by atoms with van der Waals surface area (Å²) in [6.45, 7) is 2.88. The fraction of sp³-hybridized carbons (Fsp3) is 0.643. The molecule has 2 aliphatic rings. The van der Waals surface area contributed by atoms with Crippen LogP contribution in [0.5, 0.6) is 0 Å². The number of rotatable bonds is 2. The summed E-state index contributed by atoms with van der Waals surface area (Å²) in [6.07, 6.45) is 4.18. The van der Waals surface area contributed by atoms with E-state index in [0.717, 1.165) is 32.3 Å². The minimum atomic E-state index is -0.147. The van der Waals surface area contributed by atoms with Crippen molar-refractivity contribution in [1.29, 1.82) is 0 Å². The van der Waals surface area contributed by atoms with Crippen molar-refractivity contribution in [3.8, 4) is 0 Å². The molecule has 3 heteroatoms. The van der Waals surface area contributed by atoms with Crippen molar-refractivity contribution in [2.45, 2.75) is 44.6 Å². The highest BCUT2D eigenvalue weighted by molar-refractivity contribution is 7.10. The minimum Gasteiger partial charge on any atom is -0.370 e. The van der Waals surface area contributed by atoms with Gasteiger partial charge in [-0.05, 0) is 48.6 Å². The third kappa shape index (κ3) is 1.95. The number of ether oxygens (including phenoxy) is 1. The highest BCUT2D eigenvalue weighted by Gasteiger charge is 2.37. The van der Waals surface area contributed by atoms with E-state index in [1.54, 1.807) is 11.3 Å². The predicted molar refractivity (Wildman–Crippen MR) is 68.5 cm³/mol. The summed E-state index contributed by atoms with van der Waals surface area (Å²) in [5.41, 5.74) is 1.29. The molecule has 1 aromatic rings. The number of aryl methyl sites for hydroxylation is 1. The number of fused-ring (bicyclic) bond motifs is 1. The highest BCUT2D eigenvalue weighted by atomic mass is 32.1. The van der Waals surface area contributed by atoms with Gasteiger partial charge >= 0.3 is 0 Å². The van der Waals surface area contributed by atoms with Crippen molar-refractivity contribution >= 4 is 17.1 Å². The molecule has 2 heterocycles. The van der Waals surface area contributed by atoms with E-state index >= 15 is 0 Å². The first-order chi connectivity index (χ1) is 8.27. The quantitative estimate of drug-likeness (QED) is 0.806. The van der Waals surface area contributed by atoms with Gasteiger partial charge in [0, 0.05) is 17.4 Å². The van der Waals surface area contributed by atoms with E-state index in [4.69, 9.17) is 4.74 Å². The first-order valence-corrected chi connectivity index (χ1v) is 7.37. The number of hydrogen-bond donors (Lipinski definition) is 0. The van der Waals surface area contributed by atoms with E-state index in [1.807, 2.05) is 0 Å². The Bertz CT molecular complexity index is 424. The van der Waals surface area contributed by atoms with Gasteiger partial charge in [-0.2, -0.15) is 0 Å². The molecule has 1 aromatic heterocycles. The Labute approximate surface area is 106 Å². The Hall–Kier alpha value is -0.670. The van der Waals surface area contributed by atoms with Gasteiger partial charge in [-0.15, -0.1) is 11.3 Å². The number of ketones is 1. The minimum absolute atomic E-state index is 0.107. The maximum atomic E-state index is 12.6. The van der Waals surface area contributed by atoms with Crippen LogP contribution in [0.2, 0.25) is 0 Å². The summed E-state index contributed by atoms with van der Waals surface area (Å²) in [4.78, 5) is 14.0. The van der Waals surface area contributed by atoms with Gasteiger partial charge in [0.15, 0.2) is 5.78 Å². The molecule has 0 amide bonds. The third-order valence-electron chi connectivity index (χ3n) is 4.06. The zero-order chi connectivity index (χ0) is 11.8. The van der Waals surface area contributed by atoms with Crippen molar-refractivity contribution < 1.29 is 9.53 Å². The van der Waals surface area contributed by atoms with Crippen LogP contribution >= 0.6 is 11.3 Å². The second kappa shape index (κ2) is 4.54. The third-order valence-corrected chi connectivity index (χ3v) is 5.06. The Morgan fingerprint density at radius 3 is 3.12 bits per heavy atom. The Morgan fingerprint density at radius 1 is 1.47 bits per heavy atom. The summed E-state index contributed by atoms with van der Waals surface area (Å²) in [6, 6.07) is 2.14. The lowest BCUT2D eigenvalue weighted by Crippen LogP contribution is -2.31. The molecule has 0 N–H and O–H groups in total. The SMILES string of the molecule is CC1CCOC1C(=O)C1CCCc2sccc21. The summed E-state index contributed by atoms with van der Waals surface area (Å²) >= 11 is 1.80. The molecular weight excluding hydrogens is 232 g/mol. The summed E-state index contributed by atoms with van der Waals surface area (Å²) in [5, 5.41) is 2.12. The standard InChI is InChI=1S/C14H18O2S/c1-9-5-7-16-14(9)13(15)11-3-2-4-12-10(11)6-8-17-12/h6,8-9,11,14H,2-5,7H2,1H3. The predicted octanol–water partition coefficient (Wildman–Crippen LogP) is 3.16. The molecule has 1 aliphatic carbocycles. The van der Waals surface area contributed by atoms with E-state index in [2.05, 4.69) is 18.4 Å². The van der Waals surface area contributed by atoms with Gasteiger partial charge in [0.1, 0.15) is 6.10 Å². The first-order valence-electron chi connectivity index (χ1n) is 6.49. The fourth-order valence-corrected chi connectivity index (χ4v) is 4.03. The van der Waals surface area contributed by atoms with E-state index in [1.165, 1.54) is 10.4 Å². The van der Waals surface area contributed by atoms with E-state index in [9.17, 15) is 4.79 Å². The van der Waals surface area contributed by atoms with Gasteiger partial charge in [-0.3, -0.25) is 4.79 Å². The summed E-state index contributed by atoms with van der Waals surface area (Å²) < 4.78 is 5.63. The molecule has 2 nitrogen and oxygen atoms in total. The lowest BCUT2D eigenvalue weighted by molar-refractivity contribution is -0.131. The molecule has 0 saturated carbocycles. The van der Waals surface area contributed by atoms with Crippen LogP contribution in [0.4, 0.5) is 0 Å². The molecule has 0 spiro atoms. The number of hydrogen-bond acceptors (Lipinski definition) is 3. The summed E-state index contributed by atoms with van der Waals surface area (Å²) in [7, 11) is 0. The molecular formula is C14H18O2S. The Morgan fingerprint density at radius 2 is 2.35 bits per heavy atom. The average molecular weight is 250 g/mol. The molecule has 1 saturated heterocycles. The average Bonchev–Trinajstić information content (AvgIpc) is 2.95. The normalized spacial score (nSPS) is 32.4. The molecule has 0 radical (unpaired) electrons. The van der Waals surface area contributed by atoms with Crippen LogP contribution in [0.25, 0.3) is 0 Å². The molecule has 0 bridgehead atoms. The van der Waals surface area contributed by atoms with Crippen LogP contribution in [0.15, 0.2) is 11.4 Å². The van der Waals surface area contributed by atoms with Crippen molar-refractivity contribution in [2.75, 3.05) is 6.61 Å². The van der Waals surface area contributed by atoms with Crippen LogP contribution < -0.4 is 0 Å². The lowest BCUT2D eigenvalue weighted by Gasteiger charge is -2.25. The monoisotopic (exact) mass is 250 g/mol. The van der Waals surface area contributed by atoms with E-state index in [-0.39, 0.29) is 12.0 Å². The molecule has 3 unspecified atom stereocenters. The molecule has 3 atom stereocenters. The molecule has 17 heavy (non-hydrogen) atoms. The van der Waals surface area contributed by atoms with Gasteiger partial charge < -0.3 is 4.74 Å². The fourth-order valence-electron chi connectivity index (χ4n) is 3.04. The van der Waals surface area contributed by atoms with E-state index in [0.29, 0.717) is 11.7 Å². The maximum Gasteiger partial charge on any atom is 0.169 e. The van der Waals surface area contributed by atoms with Crippen LogP contribution in [0, 0.1) is 5.92 Å². The zero-order valence-corrected chi connectivity index (χ0v) is 11.0. The Balaban J connectivity index is 1.84. The van der Waals surface area contributed by atoms with Gasteiger partial charge in [0.05, 0.1) is 0 Å². The van der Waals surface area contributed by atoms with Crippen LogP contribution in [-0.4, -0.2) is 18.5 Å². The van der Waals surface area contributed by atoms with Crippen molar-refractivity contribution in [3.05, 3.63) is 21.9 Å². The van der Waals surface area contributed by atoms with Crippen LogP contribution in [0.3, 0.4) is 0 Å².